The third-order valence-electron chi connectivity index (χ3n) is 5.50. The Hall–Kier alpha value is -3.66. The molecule has 0 saturated carbocycles. The number of carbonyl (C=O) groups is 1. The predicted molar refractivity (Wildman–Crippen MR) is 141 cm³/mol. The Morgan fingerprint density at radius 1 is 0.973 bits per heavy atom. The number of nitrogens with zero attached hydrogens (tertiary/aromatic N) is 1. The number of hydrogen-bond acceptors (Lipinski definition) is 5. The van der Waals surface area contributed by atoms with Crippen molar-refractivity contribution >= 4 is 49.9 Å². The average Bonchev–Trinajstić information content (AvgIpc) is 2.88. The molecule has 0 aliphatic heterocycles. The summed E-state index contributed by atoms with van der Waals surface area (Å²) < 4.78 is 54.7. The Morgan fingerprint density at radius 3 is 2.54 bits per heavy atom. The first-order valence-electron chi connectivity index (χ1n) is 11.3. The van der Waals surface area contributed by atoms with E-state index in [-0.39, 0.29) is 22.6 Å². The molecule has 37 heavy (non-hydrogen) atoms. The first-order chi connectivity index (χ1) is 17.7. The SMILES string of the molecule is O=C(/C=C/c1cc(F)ccc1F)c1ccc(S(=O)(=O)NCCCNc2cncc3cc(Cl)ccc23)cc1. The highest BCUT2D eigenvalue weighted by molar-refractivity contribution is 7.89. The number of ketones is 1. The summed E-state index contributed by atoms with van der Waals surface area (Å²) in [5.41, 5.74) is 0.972. The van der Waals surface area contributed by atoms with E-state index in [9.17, 15) is 22.0 Å². The summed E-state index contributed by atoms with van der Waals surface area (Å²) in [6.07, 6.45) is 6.21. The molecule has 1 aromatic heterocycles. The standard InChI is InChI=1S/C27H22ClF2N3O3S/c28-21-5-9-24-20(14-21)16-31-17-26(24)32-12-1-13-33-37(35,36)23-7-2-18(3-8-23)27(34)11-4-19-15-22(29)6-10-25(19)30/h2-11,14-17,32-33H,1,12-13H2/b11-4+. The van der Waals surface area contributed by atoms with Gasteiger partial charge in [0.1, 0.15) is 11.6 Å². The van der Waals surface area contributed by atoms with Crippen molar-refractivity contribution in [2.75, 3.05) is 18.4 Å². The summed E-state index contributed by atoms with van der Waals surface area (Å²) in [7, 11) is -3.78. The van der Waals surface area contributed by atoms with Crippen LogP contribution in [0, 0.1) is 11.6 Å². The second-order valence-electron chi connectivity index (χ2n) is 8.12. The lowest BCUT2D eigenvalue weighted by atomic mass is 10.1. The number of sulfonamides is 1. The van der Waals surface area contributed by atoms with Crippen molar-refractivity contribution in [1.82, 2.24) is 9.71 Å². The molecule has 2 N–H and O–H groups in total. The molecule has 0 saturated heterocycles. The number of halogens is 3. The molecule has 4 rings (SSSR count). The monoisotopic (exact) mass is 541 g/mol. The third kappa shape index (κ3) is 6.76. The fraction of sp³-hybridized carbons (Fsp3) is 0.111. The van der Waals surface area contributed by atoms with Crippen molar-refractivity contribution in [3.05, 3.63) is 107 Å². The van der Waals surface area contributed by atoms with Crippen LogP contribution >= 0.6 is 11.6 Å². The summed E-state index contributed by atoms with van der Waals surface area (Å²) in [5, 5.41) is 5.74. The number of carbonyl (C=O) groups excluding carboxylic acids is 1. The van der Waals surface area contributed by atoms with Crippen molar-refractivity contribution in [2.45, 2.75) is 11.3 Å². The molecule has 0 amide bonds. The van der Waals surface area contributed by atoms with Gasteiger partial charge in [0.2, 0.25) is 10.0 Å². The zero-order chi connectivity index (χ0) is 26.4. The second-order valence-corrected chi connectivity index (χ2v) is 10.3. The molecule has 0 spiro atoms. The Labute approximate surface area is 218 Å². The molecule has 1 heterocycles. The fourth-order valence-corrected chi connectivity index (χ4v) is 4.85. The molecule has 0 aliphatic rings. The number of allylic oxidation sites excluding steroid dienone is 1. The number of benzene rings is 3. The second kappa shape index (κ2) is 11.6. The van der Waals surface area contributed by atoms with Gasteiger partial charge in [-0.05, 0) is 73.2 Å². The first-order valence-corrected chi connectivity index (χ1v) is 13.1. The average molecular weight is 542 g/mol. The van der Waals surface area contributed by atoms with Crippen molar-refractivity contribution in [3.8, 4) is 0 Å². The Kier molecular flexibility index (Phi) is 8.27. The molecule has 6 nitrogen and oxygen atoms in total. The van der Waals surface area contributed by atoms with Crippen molar-refractivity contribution in [3.63, 3.8) is 0 Å². The normalized spacial score (nSPS) is 11.8. The van der Waals surface area contributed by atoms with Crippen LogP contribution in [0.3, 0.4) is 0 Å². The van der Waals surface area contributed by atoms with Crippen LogP contribution in [0.15, 0.2) is 84.0 Å². The summed E-state index contributed by atoms with van der Waals surface area (Å²) in [6, 6.07) is 13.8. The van der Waals surface area contributed by atoms with Crippen LogP contribution < -0.4 is 10.0 Å². The number of pyridine rings is 1. The summed E-state index contributed by atoms with van der Waals surface area (Å²) in [5.74, 6) is -1.76. The molecule has 0 bridgehead atoms. The van der Waals surface area contributed by atoms with Crippen LogP contribution in [-0.4, -0.2) is 32.3 Å². The molecule has 10 heteroatoms. The molecule has 0 atom stereocenters. The van der Waals surface area contributed by atoms with Crippen LogP contribution in [0.4, 0.5) is 14.5 Å². The van der Waals surface area contributed by atoms with Gasteiger partial charge in [0.25, 0.3) is 0 Å². The van der Waals surface area contributed by atoms with Crippen LogP contribution in [0.25, 0.3) is 16.8 Å². The minimum Gasteiger partial charge on any atom is -0.383 e. The van der Waals surface area contributed by atoms with Crippen LogP contribution in [0.1, 0.15) is 22.3 Å². The number of nitrogens with one attached hydrogen (secondary N) is 2. The minimum atomic E-state index is -3.78. The van der Waals surface area contributed by atoms with Crippen LogP contribution in [-0.2, 0) is 10.0 Å². The van der Waals surface area contributed by atoms with Crippen molar-refractivity contribution < 1.29 is 22.0 Å². The molecule has 0 aliphatic carbocycles. The van der Waals surface area contributed by atoms with E-state index in [1.54, 1.807) is 18.5 Å². The van der Waals surface area contributed by atoms with E-state index in [0.29, 0.717) is 18.0 Å². The highest BCUT2D eigenvalue weighted by Crippen LogP contribution is 2.25. The first kappa shape index (κ1) is 26.4. The highest BCUT2D eigenvalue weighted by atomic mass is 35.5. The van der Waals surface area contributed by atoms with E-state index in [1.807, 2.05) is 12.1 Å². The Morgan fingerprint density at radius 2 is 1.76 bits per heavy atom. The lowest BCUT2D eigenvalue weighted by Crippen LogP contribution is -2.26. The summed E-state index contributed by atoms with van der Waals surface area (Å²) in [4.78, 5) is 16.5. The molecule has 0 fully saturated rings. The van der Waals surface area contributed by atoms with Gasteiger partial charge in [0.05, 0.1) is 16.8 Å². The van der Waals surface area contributed by atoms with Gasteiger partial charge in [-0.25, -0.2) is 21.9 Å². The van der Waals surface area contributed by atoms with Gasteiger partial charge in [0.15, 0.2) is 5.78 Å². The molecule has 190 valence electrons. The molecular formula is C27H22ClF2N3O3S. The number of fused-ring (bicyclic) bond motifs is 1. The smallest absolute Gasteiger partial charge is 0.240 e. The fourth-order valence-electron chi connectivity index (χ4n) is 3.59. The van der Waals surface area contributed by atoms with Crippen molar-refractivity contribution in [2.24, 2.45) is 0 Å². The lowest BCUT2D eigenvalue weighted by Gasteiger charge is -2.10. The Balaban J connectivity index is 1.30. The summed E-state index contributed by atoms with van der Waals surface area (Å²) >= 11 is 6.02. The zero-order valence-electron chi connectivity index (χ0n) is 19.4. The van der Waals surface area contributed by atoms with Crippen molar-refractivity contribution in [1.29, 1.82) is 0 Å². The van der Waals surface area contributed by atoms with E-state index in [2.05, 4.69) is 15.0 Å². The quantitative estimate of drug-likeness (QED) is 0.149. The largest absolute Gasteiger partial charge is 0.383 e. The van der Waals surface area contributed by atoms with E-state index in [4.69, 9.17) is 11.6 Å². The van der Waals surface area contributed by atoms with Crippen LogP contribution in [0.5, 0.6) is 0 Å². The lowest BCUT2D eigenvalue weighted by molar-refractivity contribution is 0.104. The summed E-state index contributed by atoms with van der Waals surface area (Å²) in [6.45, 7) is 0.708. The van der Waals surface area contributed by atoms with E-state index in [1.165, 1.54) is 30.3 Å². The number of rotatable bonds is 10. The number of anilines is 1. The van der Waals surface area contributed by atoms with Gasteiger partial charge < -0.3 is 5.32 Å². The predicted octanol–water partition coefficient (Wildman–Crippen LogP) is 5.84. The van der Waals surface area contributed by atoms with E-state index >= 15 is 0 Å². The molecule has 4 aromatic rings. The molecular weight excluding hydrogens is 520 g/mol. The van der Waals surface area contributed by atoms with Gasteiger partial charge >= 0.3 is 0 Å². The van der Waals surface area contributed by atoms with Gasteiger partial charge in [-0.2, -0.15) is 0 Å². The third-order valence-corrected chi connectivity index (χ3v) is 7.22. The molecule has 3 aromatic carbocycles. The minimum absolute atomic E-state index is 0.00676. The maximum absolute atomic E-state index is 13.7. The van der Waals surface area contributed by atoms with Gasteiger partial charge in [-0.1, -0.05) is 17.7 Å². The van der Waals surface area contributed by atoms with E-state index in [0.717, 1.165) is 40.7 Å². The molecule has 0 radical (unpaired) electrons. The molecule has 0 unspecified atom stereocenters. The van der Waals surface area contributed by atoms with Gasteiger partial charge in [-0.3, -0.25) is 9.78 Å². The topological polar surface area (TPSA) is 88.2 Å². The number of aromatic nitrogens is 1. The van der Waals surface area contributed by atoms with Crippen LogP contribution in [0.2, 0.25) is 5.02 Å². The zero-order valence-corrected chi connectivity index (χ0v) is 21.0. The maximum atomic E-state index is 13.7. The van der Waals surface area contributed by atoms with Gasteiger partial charge in [0, 0.05) is 46.2 Å². The highest BCUT2D eigenvalue weighted by Gasteiger charge is 2.14. The Bertz CT molecular complexity index is 1580. The maximum Gasteiger partial charge on any atom is 0.240 e. The van der Waals surface area contributed by atoms with Gasteiger partial charge in [-0.15, -0.1) is 0 Å². The number of hydrogen-bond donors (Lipinski definition) is 2. The van der Waals surface area contributed by atoms with E-state index < -0.39 is 27.4 Å².